The smallest absolute Gasteiger partial charge is 0.419 e. The topological polar surface area (TPSA) is 23.5 Å². The van der Waals surface area contributed by atoms with Crippen LogP contribution in [0.3, 0.4) is 0 Å². The van der Waals surface area contributed by atoms with Gasteiger partial charge >= 0.3 is 6.18 Å². The van der Waals surface area contributed by atoms with E-state index >= 15 is 0 Å². The molecule has 0 aliphatic carbocycles. The normalized spacial score (nSPS) is 12.1. The second-order valence-corrected chi connectivity index (χ2v) is 4.57. The van der Waals surface area contributed by atoms with E-state index in [1.165, 1.54) is 0 Å². The first-order valence-electron chi connectivity index (χ1n) is 6.50. The van der Waals surface area contributed by atoms with Crippen molar-refractivity contribution in [2.45, 2.75) is 39.4 Å². The van der Waals surface area contributed by atoms with Crippen LogP contribution in [0.5, 0.6) is 5.75 Å². The van der Waals surface area contributed by atoms with E-state index in [4.69, 9.17) is 0 Å². The number of alkyl halides is 3. The van der Waals surface area contributed by atoms with Gasteiger partial charge in [0.1, 0.15) is 5.75 Å². The van der Waals surface area contributed by atoms with Crippen LogP contribution in [-0.4, -0.2) is 23.1 Å². The maximum absolute atomic E-state index is 12.7. The molecule has 1 N–H and O–H groups in total. The summed E-state index contributed by atoms with van der Waals surface area (Å²) < 4.78 is 38.0. The van der Waals surface area contributed by atoms with Crippen molar-refractivity contribution in [2.75, 3.05) is 13.1 Å². The van der Waals surface area contributed by atoms with E-state index in [2.05, 4.69) is 11.8 Å². The molecule has 0 bridgehead atoms. The third-order valence-corrected chi connectivity index (χ3v) is 3.05. The molecular weight excluding hydrogens is 255 g/mol. The summed E-state index contributed by atoms with van der Waals surface area (Å²) in [5.41, 5.74) is -0.389. The molecule has 0 aliphatic heterocycles. The fraction of sp³-hybridized carbons (Fsp3) is 0.571. The minimum Gasteiger partial charge on any atom is -0.507 e. The highest BCUT2D eigenvalue weighted by Crippen LogP contribution is 2.36. The van der Waals surface area contributed by atoms with Crippen molar-refractivity contribution in [1.29, 1.82) is 0 Å². The van der Waals surface area contributed by atoms with Gasteiger partial charge in [-0.05, 0) is 37.2 Å². The van der Waals surface area contributed by atoms with Gasteiger partial charge in [-0.15, -0.1) is 0 Å². The molecule has 0 unspecified atom stereocenters. The number of phenols is 1. The van der Waals surface area contributed by atoms with Crippen LogP contribution in [-0.2, 0) is 12.7 Å². The molecule has 0 aliphatic rings. The van der Waals surface area contributed by atoms with Gasteiger partial charge in [0.15, 0.2) is 0 Å². The number of hydrogen-bond donors (Lipinski definition) is 1. The highest BCUT2D eigenvalue weighted by molar-refractivity contribution is 5.38. The Labute approximate surface area is 111 Å². The lowest BCUT2D eigenvalue weighted by Gasteiger charge is -2.21. The van der Waals surface area contributed by atoms with Crippen LogP contribution in [0, 0.1) is 0 Å². The summed E-state index contributed by atoms with van der Waals surface area (Å²) in [4.78, 5) is 2.09. The molecule has 19 heavy (non-hydrogen) atoms. The molecule has 0 amide bonds. The van der Waals surface area contributed by atoms with E-state index in [1.54, 1.807) is 6.07 Å². The number of aromatic hydroxyl groups is 1. The Morgan fingerprint density at radius 2 is 1.89 bits per heavy atom. The zero-order valence-electron chi connectivity index (χ0n) is 11.3. The minimum absolute atomic E-state index is 0.472. The third-order valence-electron chi connectivity index (χ3n) is 3.05. The SMILES string of the molecule is CCCCN(CC)Cc1ccc(O)c(C(F)(F)F)c1. The summed E-state index contributed by atoms with van der Waals surface area (Å²) in [6.45, 7) is 6.20. The van der Waals surface area contributed by atoms with Crippen molar-refractivity contribution in [3.8, 4) is 5.75 Å². The van der Waals surface area contributed by atoms with E-state index in [1.807, 2.05) is 6.92 Å². The maximum atomic E-state index is 12.7. The molecule has 0 spiro atoms. The molecule has 0 aromatic heterocycles. The van der Waals surface area contributed by atoms with Gasteiger partial charge in [-0.1, -0.05) is 26.3 Å². The number of rotatable bonds is 6. The van der Waals surface area contributed by atoms with Crippen LogP contribution in [0.15, 0.2) is 18.2 Å². The molecule has 5 heteroatoms. The van der Waals surface area contributed by atoms with E-state index in [9.17, 15) is 18.3 Å². The van der Waals surface area contributed by atoms with Gasteiger partial charge in [0.2, 0.25) is 0 Å². The predicted molar refractivity (Wildman–Crippen MR) is 69.0 cm³/mol. The molecule has 1 aromatic rings. The molecule has 0 fully saturated rings. The van der Waals surface area contributed by atoms with Crippen LogP contribution in [0.1, 0.15) is 37.8 Å². The highest BCUT2D eigenvalue weighted by atomic mass is 19.4. The highest BCUT2D eigenvalue weighted by Gasteiger charge is 2.34. The average molecular weight is 275 g/mol. The van der Waals surface area contributed by atoms with Gasteiger partial charge in [0, 0.05) is 6.54 Å². The monoisotopic (exact) mass is 275 g/mol. The lowest BCUT2D eigenvalue weighted by molar-refractivity contribution is -0.138. The number of nitrogens with zero attached hydrogens (tertiary/aromatic N) is 1. The molecule has 0 heterocycles. The lowest BCUT2D eigenvalue weighted by Crippen LogP contribution is -2.24. The van der Waals surface area contributed by atoms with Crippen LogP contribution < -0.4 is 0 Å². The second kappa shape index (κ2) is 6.80. The van der Waals surface area contributed by atoms with Crippen molar-refractivity contribution in [3.63, 3.8) is 0 Å². The summed E-state index contributed by atoms with van der Waals surface area (Å²) in [5.74, 6) is -0.715. The number of benzene rings is 1. The molecular formula is C14H20F3NO. The Morgan fingerprint density at radius 1 is 1.21 bits per heavy atom. The molecule has 1 aromatic carbocycles. The molecule has 0 saturated heterocycles. The Kier molecular flexibility index (Phi) is 5.66. The summed E-state index contributed by atoms with van der Waals surface area (Å²) >= 11 is 0. The number of halogens is 3. The molecule has 108 valence electrons. The van der Waals surface area contributed by atoms with Crippen molar-refractivity contribution in [2.24, 2.45) is 0 Å². The van der Waals surface area contributed by atoms with Gasteiger partial charge in [-0.25, -0.2) is 0 Å². The number of unbranched alkanes of at least 4 members (excludes halogenated alkanes) is 1. The van der Waals surface area contributed by atoms with E-state index in [0.29, 0.717) is 12.1 Å². The quantitative estimate of drug-likeness (QED) is 0.847. The van der Waals surface area contributed by atoms with Gasteiger partial charge in [-0.3, -0.25) is 4.90 Å². The minimum atomic E-state index is -4.51. The summed E-state index contributed by atoms with van der Waals surface area (Å²) in [6, 6.07) is 3.69. The number of hydrogen-bond acceptors (Lipinski definition) is 2. The fourth-order valence-corrected chi connectivity index (χ4v) is 1.90. The summed E-state index contributed by atoms with van der Waals surface area (Å²) in [6.07, 6.45) is -2.43. The van der Waals surface area contributed by atoms with Gasteiger partial charge < -0.3 is 5.11 Å². The second-order valence-electron chi connectivity index (χ2n) is 4.57. The van der Waals surface area contributed by atoms with Crippen molar-refractivity contribution in [1.82, 2.24) is 4.90 Å². The van der Waals surface area contributed by atoms with Gasteiger partial charge in [0.25, 0.3) is 0 Å². The van der Waals surface area contributed by atoms with E-state index < -0.39 is 17.5 Å². The Hall–Kier alpha value is -1.23. The van der Waals surface area contributed by atoms with Gasteiger partial charge in [-0.2, -0.15) is 13.2 Å². The Bertz CT molecular complexity index is 404. The zero-order valence-corrected chi connectivity index (χ0v) is 11.3. The first-order chi connectivity index (χ1) is 8.88. The number of phenolic OH excluding ortho intramolecular Hbond substituents is 1. The first-order valence-corrected chi connectivity index (χ1v) is 6.50. The van der Waals surface area contributed by atoms with Crippen LogP contribution in [0.4, 0.5) is 13.2 Å². The zero-order chi connectivity index (χ0) is 14.5. The largest absolute Gasteiger partial charge is 0.507 e. The standard InChI is InChI=1S/C14H20F3NO/c1-3-5-8-18(4-2)10-11-6-7-13(19)12(9-11)14(15,16)17/h6-7,9,19H,3-5,8,10H2,1-2H3. The third kappa shape index (κ3) is 4.74. The molecule has 0 atom stereocenters. The van der Waals surface area contributed by atoms with Crippen LogP contribution in [0.25, 0.3) is 0 Å². The van der Waals surface area contributed by atoms with Crippen molar-refractivity contribution < 1.29 is 18.3 Å². The first kappa shape index (κ1) is 15.8. The van der Waals surface area contributed by atoms with Crippen LogP contribution >= 0.6 is 0 Å². The Morgan fingerprint density at radius 3 is 2.42 bits per heavy atom. The van der Waals surface area contributed by atoms with E-state index in [-0.39, 0.29) is 0 Å². The summed E-state index contributed by atoms with van der Waals surface area (Å²) in [5, 5.41) is 9.27. The molecule has 1 rings (SSSR count). The fourth-order valence-electron chi connectivity index (χ4n) is 1.90. The van der Waals surface area contributed by atoms with Gasteiger partial charge in [0.05, 0.1) is 5.56 Å². The average Bonchev–Trinajstić information content (AvgIpc) is 2.35. The predicted octanol–water partition coefficient (Wildman–Crippen LogP) is 4.03. The van der Waals surface area contributed by atoms with E-state index in [0.717, 1.165) is 38.1 Å². The Balaban J connectivity index is 2.84. The summed E-state index contributed by atoms with van der Waals surface area (Å²) in [7, 11) is 0. The molecule has 2 nitrogen and oxygen atoms in total. The lowest BCUT2D eigenvalue weighted by atomic mass is 10.1. The van der Waals surface area contributed by atoms with Crippen molar-refractivity contribution >= 4 is 0 Å². The van der Waals surface area contributed by atoms with Crippen LogP contribution in [0.2, 0.25) is 0 Å². The molecule has 0 radical (unpaired) electrons. The molecule has 0 saturated carbocycles. The maximum Gasteiger partial charge on any atom is 0.419 e. The van der Waals surface area contributed by atoms with Crippen molar-refractivity contribution in [3.05, 3.63) is 29.3 Å².